The van der Waals surface area contributed by atoms with Crippen molar-refractivity contribution in [2.24, 2.45) is 0 Å². The van der Waals surface area contributed by atoms with Crippen molar-refractivity contribution in [1.82, 2.24) is 0 Å². The maximum atomic E-state index is 12.3. The van der Waals surface area contributed by atoms with Gasteiger partial charge in [0.1, 0.15) is 0 Å². The fourth-order valence-corrected chi connectivity index (χ4v) is 4.77. The Balaban J connectivity index is 2.30. The topological polar surface area (TPSA) is 20.3 Å². The molecular formula is C20H24AsNO. The van der Waals surface area contributed by atoms with Gasteiger partial charge in [-0.3, -0.25) is 0 Å². The summed E-state index contributed by atoms with van der Waals surface area (Å²) < 4.78 is 1.29. The predicted octanol–water partition coefficient (Wildman–Crippen LogP) is 2.79. The molecule has 2 nitrogen and oxygen atoms in total. The summed E-state index contributed by atoms with van der Waals surface area (Å²) in [5.41, 5.74) is 3.33. The van der Waals surface area contributed by atoms with E-state index in [1.165, 1.54) is 15.5 Å². The second-order valence-electron chi connectivity index (χ2n) is 7.32. The van der Waals surface area contributed by atoms with Gasteiger partial charge in [-0.2, -0.15) is 0 Å². The molecule has 120 valence electrons. The van der Waals surface area contributed by atoms with Crippen LogP contribution in [-0.4, -0.2) is 28.3 Å². The summed E-state index contributed by atoms with van der Waals surface area (Å²) in [6.07, 6.45) is 0.910. The van der Waals surface area contributed by atoms with Gasteiger partial charge in [-0.15, -0.1) is 0 Å². The van der Waals surface area contributed by atoms with Gasteiger partial charge in [0.25, 0.3) is 0 Å². The van der Waals surface area contributed by atoms with E-state index in [9.17, 15) is 4.79 Å². The normalized spacial score (nSPS) is 22.6. The summed E-state index contributed by atoms with van der Waals surface area (Å²) in [6.45, 7) is 8.32. The summed E-state index contributed by atoms with van der Waals surface area (Å²) in [6, 6.07) is 17.2. The Morgan fingerprint density at radius 3 is 2.35 bits per heavy atom. The SMILES string of the molecule is CC(=O)N1c2ccc([AsH2])cc2C(C)(c2ccccc2)CC1(C)C. The van der Waals surface area contributed by atoms with Crippen molar-refractivity contribution in [3.05, 3.63) is 59.7 Å². The molecule has 0 N–H and O–H groups in total. The first-order valence-corrected chi connectivity index (χ1v) is 9.23. The zero-order chi connectivity index (χ0) is 16.8. The average molecular weight is 369 g/mol. The number of carbonyl (C=O) groups is 1. The van der Waals surface area contributed by atoms with Crippen LogP contribution in [0.3, 0.4) is 0 Å². The number of hydrogen-bond acceptors (Lipinski definition) is 1. The van der Waals surface area contributed by atoms with Gasteiger partial charge in [-0.25, -0.2) is 0 Å². The standard InChI is InChI=1S/C20H24AsNO/c1-14(23)22-18-11-10-16(21)12-17(18)20(4,13-19(22,2)3)15-8-6-5-7-9-15/h5-12H,13,21H2,1-4H3. The second-order valence-corrected chi connectivity index (χ2v) is 8.72. The van der Waals surface area contributed by atoms with Crippen molar-refractivity contribution in [3.63, 3.8) is 0 Å². The van der Waals surface area contributed by atoms with Crippen LogP contribution in [0.1, 0.15) is 45.2 Å². The van der Waals surface area contributed by atoms with Crippen molar-refractivity contribution < 1.29 is 4.79 Å². The van der Waals surface area contributed by atoms with E-state index in [0.29, 0.717) is 0 Å². The zero-order valence-electron chi connectivity index (χ0n) is 14.3. The summed E-state index contributed by atoms with van der Waals surface area (Å²) in [7, 11) is 0. The first-order valence-electron chi connectivity index (χ1n) is 8.02. The van der Waals surface area contributed by atoms with Crippen LogP contribution < -0.4 is 9.25 Å². The van der Waals surface area contributed by atoms with Crippen molar-refractivity contribution in [2.45, 2.75) is 45.1 Å². The molecule has 2 aromatic rings. The van der Waals surface area contributed by atoms with Crippen molar-refractivity contribution in [2.75, 3.05) is 4.90 Å². The molecule has 0 aromatic heterocycles. The van der Waals surface area contributed by atoms with Crippen LogP contribution in [0.4, 0.5) is 5.69 Å². The van der Waals surface area contributed by atoms with E-state index in [4.69, 9.17) is 0 Å². The van der Waals surface area contributed by atoms with Gasteiger partial charge < -0.3 is 0 Å². The van der Waals surface area contributed by atoms with Crippen LogP contribution in [0.5, 0.6) is 0 Å². The van der Waals surface area contributed by atoms with Gasteiger partial charge in [-0.05, 0) is 0 Å². The van der Waals surface area contributed by atoms with Crippen LogP contribution in [-0.2, 0) is 10.2 Å². The number of hydrogen-bond donors (Lipinski definition) is 0. The molecule has 1 aliphatic heterocycles. The number of amides is 1. The second kappa shape index (κ2) is 5.53. The molecule has 23 heavy (non-hydrogen) atoms. The van der Waals surface area contributed by atoms with Gasteiger partial charge in [0.15, 0.2) is 0 Å². The molecule has 0 spiro atoms. The summed E-state index contributed by atoms with van der Waals surface area (Å²) in [5.74, 6) is 0.112. The monoisotopic (exact) mass is 369 g/mol. The Hall–Kier alpha value is -1.53. The van der Waals surface area contributed by atoms with E-state index in [1.54, 1.807) is 23.8 Å². The fraction of sp³-hybridized carbons (Fsp3) is 0.350. The van der Waals surface area contributed by atoms with Gasteiger partial charge in [0.2, 0.25) is 0 Å². The molecule has 2 atom stereocenters. The van der Waals surface area contributed by atoms with Crippen LogP contribution in [0, 0.1) is 0 Å². The van der Waals surface area contributed by atoms with Crippen molar-refractivity contribution >= 4 is 32.8 Å². The molecular weight excluding hydrogens is 345 g/mol. The first-order chi connectivity index (χ1) is 10.8. The number of rotatable bonds is 1. The summed E-state index contributed by atoms with van der Waals surface area (Å²) in [4.78, 5) is 14.3. The Labute approximate surface area is 147 Å². The zero-order valence-corrected chi connectivity index (χ0v) is 16.7. The Kier molecular flexibility index (Phi) is 3.92. The van der Waals surface area contributed by atoms with Crippen molar-refractivity contribution in [1.29, 1.82) is 0 Å². The van der Waals surface area contributed by atoms with E-state index >= 15 is 0 Å². The van der Waals surface area contributed by atoms with Crippen LogP contribution in [0.15, 0.2) is 48.5 Å². The molecule has 1 aliphatic rings. The molecule has 0 saturated carbocycles. The van der Waals surface area contributed by atoms with Gasteiger partial charge >= 0.3 is 147 Å². The van der Waals surface area contributed by atoms with Gasteiger partial charge in [-0.1, -0.05) is 0 Å². The van der Waals surface area contributed by atoms with E-state index < -0.39 is 0 Å². The number of benzene rings is 2. The average Bonchev–Trinajstić information content (AvgIpc) is 2.48. The molecule has 1 amide bonds. The quantitative estimate of drug-likeness (QED) is 0.708. The fourth-order valence-electron chi connectivity index (χ4n) is 4.22. The first kappa shape index (κ1) is 16.3. The van der Waals surface area contributed by atoms with Crippen molar-refractivity contribution in [3.8, 4) is 0 Å². The van der Waals surface area contributed by atoms with Gasteiger partial charge in [0, 0.05) is 0 Å². The molecule has 0 fully saturated rings. The minimum absolute atomic E-state index is 0.0891. The number of nitrogens with zero attached hydrogens (tertiary/aromatic N) is 1. The molecule has 2 unspecified atom stereocenters. The molecule has 0 bridgehead atoms. The molecule has 1 heterocycles. The third kappa shape index (κ3) is 2.64. The van der Waals surface area contributed by atoms with E-state index in [-0.39, 0.29) is 16.9 Å². The Morgan fingerprint density at radius 1 is 1.09 bits per heavy atom. The number of anilines is 1. The molecule has 0 radical (unpaired) electrons. The number of fused-ring (bicyclic) bond motifs is 1. The Bertz CT molecular complexity index is 753. The molecule has 3 heteroatoms. The molecule has 0 aliphatic carbocycles. The third-order valence-electron chi connectivity index (χ3n) is 4.97. The minimum atomic E-state index is -0.218. The van der Waals surface area contributed by atoms with E-state index in [2.05, 4.69) is 69.3 Å². The van der Waals surface area contributed by atoms with Gasteiger partial charge in [0.05, 0.1) is 0 Å². The van der Waals surface area contributed by atoms with Crippen LogP contribution >= 0.6 is 0 Å². The third-order valence-corrected chi connectivity index (χ3v) is 5.73. The molecule has 0 saturated heterocycles. The van der Waals surface area contributed by atoms with E-state index in [0.717, 1.165) is 12.1 Å². The predicted molar refractivity (Wildman–Crippen MR) is 99.4 cm³/mol. The van der Waals surface area contributed by atoms with E-state index in [1.807, 2.05) is 4.90 Å². The number of carbonyl (C=O) groups excluding carboxylic acids is 1. The van der Waals surface area contributed by atoms with Crippen LogP contribution in [0.25, 0.3) is 0 Å². The summed E-state index contributed by atoms with van der Waals surface area (Å²) >= 11 is 1.62. The summed E-state index contributed by atoms with van der Waals surface area (Å²) in [5, 5.41) is 0. The maximum absolute atomic E-state index is 12.3. The molecule has 2 aromatic carbocycles. The Morgan fingerprint density at radius 2 is 1.74 bits per heavy atom. The van der Waals surface area contributed by atoms with Crippen LogP contribution in [0.2, 0.25) is 0 Å². The molecule has 3 rings (SSSR count).